The molecule has 0 unspecified atom stereocenters. The number of hydrogen-bond donors (Lipinski definition) is 2. The van der Waals surface area contributed by atoms with Crippen LogP contribution in [0.2, 0.25) is 0 Å². The summed E-state index contributed by atoms with van der Waals surface area (Å²) in [5.74, 6) is -1.87. The van der Waals surface area contributed by atoms with Gasteiger partial charge in [-0.05, 0) is 46.3 Å². The second-order valence-corrected chi connectivity index (χ2v) is 6.39. The van der Waals surface area contributed by atoms with E-state index in [0.29, 0.717) is 0 Å². The molecule has 4 nitrogen and oxygen atoms in total. The zero-order valence-corrected chi connectivity index (χ0v) is 13.0. The van der Waals surface area contributed by atoms with Gasteiger partial charge in [-0.15, -0.1) is 11.3 Å². The Morgan fingerprint density at radius 1 is 1.14 bits per heavy atom. The van der Waals surface area contributed by atoms with E-state index >= 15 is 0 Å². The molecule has 7 heteroatoms. The molecular formula is C14H10BrFN2O2S. The molecule has 0 saturated heterocycles. The third kappa shape index (κ3) is 4.51. The van der Waals surface area contributed by atoms with Gasteiger partial charge in [0.15, 0.2) is 0 Å². The number of halogens is 2. The van der Waals surface area contributed by atoms with Crippen LogP contribution in [0.4, 0.5) is 4.39 Å². The van der Waals surface area contributed by atoms with Gasteiger partial charge in [0.05, 0.1) is 9.35 Å². The van der Waals surface area contributed by atoms with Crippen molar-refractivity contribution in [2.75, 3.05) is 0 Å². The van der Waals surface area contributed by atoms with Crippen molar-refractivity contribution in [1.82, 2.24) is 10.9 Å². The fraction of sp³-hybridized carbons (Fsp3) is 0. The highest BCUT2D eigenvalue weighted by molar-refractivity contribution is 9.11. The molecule has 2 aromatic rings. The highest BCUT2D eigenvalue weighted by Crippen LogP contribution is 2.22. The molecule has 0 aliphatic carbocycles. The molecule has 1 aromatic carbocycles. The minimum Gasteiger partial charge on any atom is -0.268 e. The molecule has 1 heterocycles. The third-order valence-electron chi connectivity index (χ3n) is 2.41. The van der Waals surface area contributed by atoms with Crippen LogP contribution in [-0.4, -0.2) is 11.8 Å². The average Bonchev–Trinajstić information content (AvgIpc) is 2.89. The van der Waals surface area contributed by atoms with Gasteiger partial charge in [0.1, 0.15) is 5.82 Å². The smallest absolute Gasteiger partial charge is 0.268 e. The largest absolute Gasteiger partial charge is 0.272 e. The number of nitrogens with one attached hydrogen (secondary N) is 2. The van der Waals surface area contributed by atoms with Gasteiger partial charge in [-0.1, -0.05) is 12.1 Å². The van der Waals surface area contributed by atoms with Crippen LogP contribution in [-0.2, 0) is 4.79 Å². The molecule has 0 fully saturated rings. The van der Waals surface area contributed by atoms with Crippen LogP contribution >= 0.6 is 27.3 Å². The summed E-state index contributed by atoms with van der Waals surface area (Å²) in [6.07, 6.45) is 2.89. The zero-order valence-electron chi connectivity index (χ0n) is 10.6. The van der Waals surface area contributed by atoms with E-state index in [4.69, 9.17) is 0 Å². The summed E-state index contributed by atoms with van der Waals surface area (Å²) in [6, 6.07) is 9.22. The molecule has 0 radical (unpaired) electrons. The van der Waals surface area contributed by atoms with Gasteiger partial charge in [-0.25, -0.2) is 4.39 Å². The van der Waals surface area contributed by atoms with Crippen LogP contribution in [0, 0.1) is 5.82 Å². The molecule has 108 valence electrons. The van der Waals surface area contributed by atoms with Crippen molar-refractivity contribution in [1.29, 1.82) is 0 Å². The SMILES string of the molecule is O=C(/C=C/c1ccc(Br)s1)NNC(=O)c1ccccc1F. The van der Waals surface area contributed by atoms with Crippen LogP contribution in [0.1, 0.15) is 15.2 Å². The van der Waals surface area contributed by atoms with Gasteiger partial charge in [0.25, 0.3) is 11.8 Å². The minimum absolute atomic E-state index is 0.135. The van der Waals surface area contributed by atoms with E-state index in [2.05, 4.69) is 26.8 Å². The van der Waals surface area contributed by atoms with Crippen LogP contribution in [0.15, 0.2) is 46.3 Å². The first-order valence-electron chi connectivity index (χ1n) is 5.84. The van der Waals surface area contributed by atoms with E-state index in [1.165, 1.54) is 41.7 Å². The van der Waals surface area contributed by atoms with E-state index in [0.717, 1.165) is 8.66 Å². The summed E-state index contributed by atoms with van der Waals surface area (Å²) in [4.78, 5) is 24.1. The molecule has 0 spiro atoms. The highest BCUT2D eigenvalue weighted by atomic mass is 79.9. The third-order valence-corrected chi connectivity index (χ3v) is 4.00. The van der Waals surface area contributed by atoms with Gasteiger partial charge in [0.2, 0.25) is 0 Å². The summed E-state index contributed by atoms with van der Waals surface area (Å²) < 4.78 is 14.3. The molecule has 2 amide bonds. The molecule has 2 N–H and O–H groups in total. The van der Waals surface area contributed by atoms with E-state index < -0.39 is 17.6 Å². The van der Waals surface area contributed by atoms with E-state index in [1.54, 1.807) is 6.08 Å². The maximum Gasteiger partial charge on any atom is 0.272 e. The van der Waals surface area contributed by atoms with Gasteiger partial charge in [-0.3, -0.25) is 20.4 Å². The first-order chi connectivity index (χ1) is 10.1. The number of carbonyl (C=O) groups excluding carboxylic acids is 2. The number of benzene rings is 1. The van der Waals surface area contributed by atoms with Crippen molar-refractivity contribution in [2.45, 2.75) is 0 Å². The molecule has 21 heavy (non-hydrogen) atoms. The fourth-order valence-corrected chi connectivity index (χ4v) is 2.77. The van der Waals surface area contributed by atoms with E-state index in [1.807, 2.05) is 12.1 Å². The van der Waals surface area contributed by atoms with E-state index in [9.17, 15) is 14.0 Å². The lowest BCUT2D eigenvalue weighted by Gasteiger charge is -2.05. The standard InChI is InChI=1S/C14H10BrFN2O2S/c15-12-7-5-9(21-12)6-8-13(19)17-18-14(20)10-3-1-2-4-11(10)16/h1-8H,(H,17,19)(H,18,20)/b8-6+. The topological polar surface area (TPSA) is 58.2 Å². The Kier molecular flexibility index (Phi) is 5.24. The van der Waals surface area contributed by atoms with E-state index in [-0.39, 0.29) is 5.56 Å². The predicted octanol–water partition coefficient (Wildman–Crippen LogP) is 3.12. The van der Waals surface area contributed by atoms with Gasteiger partial charge in [0, 0.05) is 11.0 Å². The normalized spacial score (nSPS) is 10.6. The molecule has 0 aliphatic heterocycles. The van der Waals surface area contributed by atoms with Crippen molar-refractivity contribution >= 4 is 45.2 Å². The summed E-state index contributed by atoms with van der Waals surface area (Å²) in [5, 5.41) is 0. The lowest BCUT2D eigenvalue weighted by molar-refractivity contribution is -0.117. The Morgan fingerprint density at radius 3 is 2.57 bits per heavy atom. The molecular weight excluding hydrogens is 359 g/mol. The lowest BCUT2D eigenvalue weighted by Crippen LogP contribution is -2.41. The van der Waals surface area contributed by atoms with Crippen molar-refractivity contribution in [3.8, 4) is 0 Å². The Morgan fingerprint density at radius 2 is 1.90 bits per heavy atom. The van der Waals surface area contributed by atoms with Gasteiger partial charge >= 0.3 is 0 Å². The Labute approximate surface area is 132 Å². The Hall–Kier alpha value is -1.99. The summed E-state index contributed by atoms with van der Waals surface area (Å²) in [7, 11) is 0. The molecule has 2 rings (SSSR count). The second kappa shape index (κ2) is 7.14. The Balaban J connectivity index is 1.88. The lowest BCUT2D eigenvalue weighted by atomic mass is 10.2. The first-order valence-corrected chi connectivity index (χ1v) is 7.45. The predicted molar refractivity (Wildman–Crippen MR) is 83.1 cm³/mol. The van der Waals surface area contributed by atoms with Crippen LogP contribution in [0.25, 0.3) is 6.08 Å². The average molecular weight is 369 g/mol. The monoisotopic (exact) mass is 368 g/mol. The maximum absolute atomic E-state index is 13.3. The number of hydrogen-bond acceptors (Lipinski definition) is 3. The Bertz CT molecular complexity index is 700. The zero-order chi connectivity index (χ0) is 15.2. The van der Waals surface area contributed by atoms with Gasteiger partial charge in [-0.2, -0.15) is 0 Å². The molecule has 0 atom stereocenters. The van der Waals surface area contributed by atoms with Crippen molar-refractivity contribution < 1.29 is 14.0 Å². The molecule has 0 aliphatic rings. The minimum atomic E-state index is -0.714. The highest BCUT2D eigenvalue weighted by Gasteiger charge is 2.10. The number of thiophene rings is 1. The molecule has 0 bridgehead atoms. The molecule has 1 aromatic heterocycles. The summed E-state index contributed by atoms with van der Waals surface area (Å²) in [6.45, 7) is 0. The fourth-order valence-electron chi connectivity index (χ4n) is 1.45. The van der Waals surface area contributed by atoms with Crippen molar-refractivity contribution in [3.05, 3.63) is 62.5 Å². The van der Waals surface area contributed by atoms with Crippen molar-refractivity contribution in [3.63, 3.8) is 0 Å². The number of carbonyl (C=O) groups is 2. The number of hydrazine groups is 1. The molecule has 0 saturated carbocycles. The summed E-state index contributed by atoms with van der Waals surface area (Å²) in [5.41, 5.74) is 4.20. The quantitative estimate of drug-likeness (QED) is 0.645. The maximum atomic E-state index is 13.3. The number of rotatable bonds is 3. The van der Waals surface area contributed by atoms with Gasteiger partial charge < -0.3 is 0 Å². The summed E-state index contributed by atoms with van der Waals surface area (Å²) >= 11 is 4.78. The number of amides is 2. The first kappa shape index (κ1) is 15.4. The second-order valence-electron chi connectivity index (χ2n) is 3.90. The van der Waals surface area contributed by atoms with Crippen LogP contribution < -0.4 is 10.9 Å². The van der Waals surface area contributed by atoms with Crippen molar-refractivity contribution in [2.24, 2.45) is 0 Å². The van der Waals surface area contributed by atoms with Crippen LogP contribution in [0.3, 0.4) is 0 Å². The van der Waals surface area contributed by atoms with Crippen LogP contribution in [0.5, 0.6) is 0 Å².